The Morgan fingerprint density at radius 2 is 2.12 bits per heavy atom. The summed E-state index contributed by atoms with van der Waals surface area (Å²) >= 11 is 1.73. The van der Waals surface area contributed by atoms with Crippen LogP contribution >= 0.6 is 11.3 Å². The molecule has 0 saturated carbocycles. The standard InChI is InChI=1S/C18H25FN4OS/c1-13-17(25-14(2)22-13)9-10-21-18(20-3)23(4)11-12-24-16-8-6-5-7-15(16)19/h5-8H,9-12H2,1-4H3,(H,20,21). The van der Waals surface area contributed by atoms with Crippen LogP contribution in [0, 0.1) is 19.7 Å². The molecular formula is C18H25FN4OS. The van der Waals surface area contributed by atoms with Crippen molar-refractivity contribution in [3.8, 4) is 5.75 Å². The van der Waals surface area contributed by atoms with Gasteiger partial charge in [0.1, 0.15) is 6.61 Å². The van der Waals surface area contributed by atoms with Gasteiger partial charge in [-0.3, -0.25) is 4.99 Å². The average molecular weight is 364 g/mol. The summed E-state index contributed by atoms with van der Waals surface area (Å²) in [6.45, 7) is 5.84. The number of likely N-dealkylation sites (N-methyl/N-ethyl adjacent to an activating group) is 1. The molecule has 2 aromatic rings. The lowest BCUT2D eigenvalue weighted by atomic mass is 10.3. The molecule has 1 heterocycles. The third-order valence-corrected chi connectivity index (χ3v) is 4.86. The number of nitrogens with zero attached hydrogens (tertiary/aromatic N) is 3. The van der Waals surface area contributed by atoms with Crippen molar-refractivity contribution in [3.63, 3.8) is 0 Å². The van der Waals surface area contributed by atoms with E-state index >= 15 is 0 Å². The van der Waals surface area contributed by atoms with Crippen LogP contribution in [0.5, 0.6) is 5.75 Å². The number of aliphatic imine (C=N–C) groups is 1. The van der Waals surface area contributed by atoms with Crippen LogP contribution in [0.4, 0.5) is 4.39 Å². The fourth-order valence-electron chi connectivity index (χ4n) is 2.44. The molecule has 0 saturated heterocycles. The summed E-state index contributed by atoms with van der Waals surface area (Å²) in [5, 5.41) is 4.44. The third kappa shape index (κ3) is 5.70. The molecule has 0 amide bonds. The highest BCUT2D eigenvalue weighted by Gasteiger charge is 2.09. The summed E-state index contributed by atoms with van der Waals surface area (Å²) in [5.74, 6) is 0.716. The predicted molar refractivity (Wildman–Crippen MR) is 101 cm³/mol. The number of rotatable bonds is 7. The van der Waals surface area contributed by atoms with Gasteiger partial charge in [-0.2, -0.15) is 0 Å². The molecule has 0 aliphatic heterocycles. The largest absolute Gasteiger partial charge is 0.489 e. The van der Waals surface area contributed by atoms with Crippen LogP contribution in [-0.4, -0.2) is 49.6 Å². The molecule has 1 N–H and O–H groups in total. The van der Waals surface area contributed by atoms with Crippen molar-refractivity contribution in [2.45, 2.75) is 20.3 Å². The quantitative estimate of drug-likeness (QED) is 0.606. The van der Waals surface area contributed by atoms with E-state index in [1.54, 1.807) is 36.6 Å². The third-order valence-electron chi connectivity index (χ3n) is 3.73. The summed E-state index contributed by atoms with van der Waals surface area (Å²) < 4.78 is 19.0. The minimum atomic E-state index is -0.345. The minimum absolute atomic E-state index is 0.273. The lowest BCUT2D eigenvalue weighted by Gasteiger charge is -2.22. The molecule has 2 rings (SSSR count). The van der Waals surface area contributed by atoms with Gasteiger partial charge in [0.25, 0.3) is 0 Å². The number of para-hydroxylation sites is 1. The van der Waals surface area contributed by atoms with Gasteiger partial charge in [-0.15, -0.1) is 11.3 Å². The number of aryl methyl sites for hydroxylation is 2. The van der Waals surface area contributed by atoms with E-state index in [1.807, 2.05) is 25.8 Å². The Balaban J connectivity index is 1.76. The van der Waals surface area contributed by atoms with Crippen molar-refractivity contribution >= 4 is 17.3 Å². The Labute approximate surface area is 152 Å². The van der Waals surface area contributed by atoms with Crippen molar-refractivity contribution in [1.29, 1.82) is 0 Å². The Morgan fingerprint density at radius 1 is 1.36 bits per heavy atom. The van der Waals surface area contributed by atoms with Crippen molar-refractivity contribution in [3.05, 3.63) is 45.7 Å². The topological polar surface area (TPSA) is 49.8 Å². The van der Waals surface area contributed by atoms with E-state index in [-0.39, 0.29) is 11.6 Å². The number of nitrogens with one attached hydrogen (secondary N) is 1. The van der Waals surface area contributed by atoms with Gasteiger partial charge in [0.15, 0.2) is 17.5 Å². The first-order valence-electron chi connectivity index (χ1n) is 8.23. The molecule has 0 aliphatic rings. The van der Waals surface area contributed by atoms with Crippen LogP contribution in [0.1, 0.15) is 15.6 Å². The number of hydrogen-bond acceptors (Lipinski definition) is 4. The summed E-state index contributed by atoms with van der Waals surface area (Å²) in [6, 6.07) is 6.42. The van der Waals surface area contributed by atoms with E-state index < -0.39 is 0 Å². The zero-order valence-corrected chi connectivity index (χ0v) is 16.0. The molecule has 25 heavy (non-hydrogen) atoms. The number of ether oxygens (including phenoxy) is 1. The van der Waals surface area contributed by atoms with Crippen LogP contribution in [-0.2, 0) is 6.42 Å². The van der Waals surface area contributed by atoms with Crippen LogP contribution in [0.15, 0.2) is 29.3 Å². The summed E-state index contributed by atoms with van der Waals surface area (Å²) in [4.78, 5) is 12.0. The van der Waals surface area contributed by atoms with E-state index in [0.717, 1.165) is 29.6 Å². The highest BCUT2D eigenvalue weighted by atomic mass is 32.1. The van der Waals surface area contributed by atoms with E-state index in [1.165, 1.54) is 10.9 Å². The first kappa shape index (κ1) is 19.2. The maximum Gasteiger partial charge on any atom is 0.193 e. The summed E-state index contributed by atoms with van der Waals surface area (Å²) in [5.41, 5.74) is 1.10. The molecule has 1 aromatic heterocycles. The van der Waals surface area contributed by atoms with Gasteiger partial charge in [0.05, 0.1) is 17.2 Å². The molecule has 0 fully saturated rings. The number of benzene rings is 1. The van der Waals surface area contributed by atoms with Crippen LogP contribution in [0.25, 0.3) is 0 Å². The number of guanidine groups is 1. The first-order chi connectivity index (χ1) is 12.0. The molecule has 0 atom stereocenters. The highest BCUT2D eigenvalue weighted by molar-refractivity contribution is 7.11. The van der Waals surface area contributed by atoms with Crippen LogP contribution < -0.4 is 10.1 Å². The molecule has 7 heteroatoms. The second-order valence-electron chi connectivity index (χ2n) is 5.67. The monoisotopic (exact) mass is 364 g/mol. The number of hydrogen-bond donors (Lipinski definition) is 1. The lowest BCUT2D eigenvalue weighted by molar-refractivity contribution is 0.270. The van der Waals surface area contributed by atoms with Crippen LogP contribution in [0.2, 0.25) is 0 Å². The zero-order chi connectivity index (χ0) is 18.2. The zero-order valence-electron chi connectivity index (χ0n) is 15.2. The Bertz CT molecular complexity index is 717. The molecule has 0 spiro atoms. The number of thiazole rings is 1. The molecule has 0 bridgehead atoms. The van der Waals surface area contributed by atoms with Gasteiger partial charge in [0.2, 0.25) is 0 Å². The highest BCUT2D eigenvalue weighted by Crippen LogP contribution is 2.17. The predicted octanol–water partition coefficient (Wildman–Crippen LogP) is 3.03. The Morgan fingerprint density at radius 3 is 2.76 bits per heavy atom. The normalized spacial score (nSPS) is 11.5. The average Bonchev–Trinajstić information content (AvgIpc) is 2.90. The number of halogens is 1. The SMILES string of the molecule is CN=C(NCCc1sc(C)nc1C)N(C)CCOc1ccccc1F. The molecule has 0 unspecified atom stereocenters. The smallest absolute Gasteiger partial charge is 0.193 e. The molecule has 136 valence electrons. The van der Waals surface area contributed by atoms with Gasteiger partial charge in [-0.25, -0.2) is 9.37 Å². The lowest BCUT2D eigenvalue weighted by Crippen LogP contribution is -2.41. The second kappa shape index (κ2) is 9.36. The molecule has 0 aliphatic carbocycles. The molecular weight excluding hydrogens is 339 g/mol. The van der Waals surface area contributed by atoms with Crippen LogP contribution in [0.3, 0.4) is 0 Å². The van der Waals surface area contributed by atoms with Crippen molar-refractivity contribution in [1.82, 2.24) is 15.2 Å². The second-order valence-corrected chi connectivity index (χ2v) is 6.95. The maximum atomic E-state index is 13.5. The fourth-order valence-corrected chi connectivity index (χ4v) is 3.37. The molecule has 1 aromatic carbocycles. The Kier molecular flexibility index (Phi) is 7.18. The first-order valence-corrected chi connectivity index (χ1v) is 9.05. The minimum Gasteiger partial charge on any atom is -0.489 e. The van der Waals surface area contributed by atoms with Gasteiger partial charge >= 0.3 is 0 Å². The maximum absolute atomic E-state index is 13.5. The Hall–Kier alpha value is -2.15. The van der Waals surface area contributed by atoms with Crippen molar-refractivity contribution < 1.29 is 9.13 Å². The van der Waals surface area contributed by atoms with Crippen molar-refractivity contribution in [2.24, 2.45) is 4.99 Å². The van der Waals surface area contributed by atoms with Gasteiger partial charge in [-0.1, -0.05) is 12.1 Å². The van der Waals surface area contributed by atoms with Crippen molar-refractivity contribution in [2.75, 3.05) is 33.8 Å². The number of aromatic nitrogens is 1. The molecule has 5 nitrogen and oxygen atoms in total. The van der Waals surface area contributed by atoms with E-state index in [2.05, 4.69) is 15.3 Å². The van der Waals surface area contributed by atoms with E-state index in [4.69, 9.17) is 4.74 Å². The van der Waals surface area contributed by atoms with Gasteiger partial charge in [0, 0.05) is 31.9 Å². The van der Waals surface area contributed by atoms with E-state index in [0.29, 0.717) is 13.2 Å². The van der Waals surface area contributed by atoms with E-state index in [9.17, 15) is 4.39 Å². The summed E-state index contributed by atoms with van der Waals surface area (Å²) in [7, 11) is 3.68. The summed E-state index contributed by atoms with van der Waals surface area (Å²) in [6.07, 6.45) is 0.913. The molecule has 0 radical (unpaired) electrons. The fraction of sp³-hybridized carbons (Fsp3) is 0.444. The van der Waals surface area contributed by atoms with Gasteiger partial charge < -0.3 is 15.0 Å². The van der Waals surface area contributed by atoms with Gasteiger partial charge in [-0.05, 0) is 26.0 Å².